The third kappa shape index (κ3) is 10.7. The van der Waals surface area contributed by atoms with E-state index in [2.05, 4.69) is 25.3 Å². The molecule has 0 aromatic rings. The van der Waals surface area contributed by atoms with Gasteiger partial charge in [0, 0.05) is 0 Å². The second-order valence-electron chi connectivity index (χ2n) is 3.12. The van der Waals surface area contributed by atoms with Gasteiger partial charge in [-0.2, -0.15) is 0 Å². The van der Waals surface area contributed by atoms with Crippen molar-refractivity contribution in [2.45, 2.75) is 32.1 Å². The number of ether oxygens (including phenoxy) is 2. The molecule has 86 valence electrons. The summed E-state index contributed by atoms with van der Waals surface area (Å²) in [5.74, 6) is 0. The van der Waals surface area contributed by atoms with Gasteiger partial charge in [0.25, 0.3) is 0 Å². The molecule has 1 aliphatic heterocycles. The molecule has 0 radical (unpaired) electrons. The van der Waals surface area contributed by atoms with Crippen molar-refractivity contribution in [3.8, 4) is 0 Å². The first-order valence-electron chi connectivity index (χ1n) is 5.53. The molecule has 0 saturated heterocycles. The van der Waals surface area contributed by atoms with Crippen molar-refractivity contribution >= 4 is 0 Å². The summed E-state index contributed by atoms with van der Waals surface area (Å²) in [5, 5.41) is 0. The van der Waals surface area contributed by atoms with Gasteiger partial charge in [-0.3, -0.25) is 0 Å². The highest BCUT2D eigenvalue weighted by Gasteiger charge is 1.88. The van der Waals surface area contributed by atoms with Crippen LogP contribution in [-0.2, 0) is 9.47 Å². The largest absolute Gasteiger partial charge is 0.494 e. The van der Waals surface area contributed by atoms with Crippen LogP contribution in [0.4, 0.5) is 0 Å². The van der Waals surface area contributed by atoms with Crippen LogP contribution in [0, 0.1) is 0 Å². The molecule has 15 heavy (non-hydrogen) atoms. The van der Waals surface area contributed by atoms with Crippen molar-refractivity contribution in [2.75, 3.05) is 13.2 Å². The third-order valence-corrected chi connectivity index (χ3v) is 1.98. The molecular weight excluding hydrogens is 188 g/mol. The van der Waals surface area contributed by atoms with Crippen molar-refractivity contribution in [3.63, 3.8) is 0 Å². The summed E-state index contributed by atoms with van der Waals surface area (Å²) in [6.07, 6.45) is 14.6. The molecule has 0 unspecified atom stereocenters. The number of hydrogen-bond donors (Lipinski definition) is 0. The Bertz CT molecular complexity index is 157. The summed E-state index contributed by atoms with van der Waals surface area (Å²) in [6.45, 7) is 7.38. The topological polar surface area (TPSA) is 18.5 Å². The molecule has 2 rings (SSSR count). The van der Waals surface area contributed by atoms with E-state index in [1.807, 2.05) is 0 Å². The highest BCUT2D eigenvalue weighted by atomic mass is 16.5. The maximum Gasteiger partial charge on any atom is 0.121 e. The Hall–Kier alpha value is -1.18. The second kappa shape index (κ2) is 12.8. The molecule has 2 nitrogen and oxygen atoms in total. The van der Waals surface area contributed by atoms with E-state index in [1.54, 1.807) is 12.5 Å². The average molecular weight is 210 g/mol. The number of rotatable bonds is 0. The summed E-state index contributed by atoms with van der Waals surface area (Å²) in [6, 6.07) is 0. The maximum absolute atomic E-state index is 4.76. The predicted octanol–water partition coefficient (Wildman–Crippen LogP) is 3.81. The first-order valence-corrected chi connectivity index (χ1v) is 5.53. The van der Waals surface area contributed by atoms with Gasteiger partial charge in [0.05, 0.1) is 0 Å². The SMILES string of the molecule is C1=CCCCCC1.C1=COCCO1.C=C. The Kier molecular flexibility index (Phi) is 11.8. The van der Waals surface area contributed by atoms with Gasteiger partial charge in [-0.1, -0.05) is 18.6 Å². The molecule has 0 amide bonds. The highest BCUT2D eigenvalue weighted by molar-refractivity contribution is 4.83. The summed E-state index contributed by atoms with van der Waals surface area (Å²) in [4.78, 5) is 0. The Morgan fingerprint density at radius 1 is 0.733 bits per heavy atom. The molecule has 0 saturated carbocycles. The number of allylic oxidation sites excluding steroid dienone is 2. The van der Waals surface area contributed by atoms with Crippen molar-refractivity contribution < 1.29 is 9.47 Å². The third-order valence-electron chi connectivity index (χ3n) is 1.98. The van der Waals surface area contributed by atoms with Crippen LogP contribution in [0.2, 0.25) is 0 Å². The quantitative estimate of drug-likeness (QED) is 0.566. The van der Waals surface area contributed by atoms with E-state index in [-0.39, 0.29) is 0 Å². The second-order valence-corrected chi connectivity index (χ2v) is 3.12. The Morgan fingerprint density at radius 2 is 1.20 bits per heavy atom. The summed E-state index contributed by atoms with van der Waals surface area (Å²) in [5.41, 5.74) is 0. The molecule has 1 aliphatic carbocycles. The van der Waals surface area contributed by atoms with Crippen molar-refractivity contribution in [2.24, 2.45) is 0 Å². The molecule has 0 bridgehead atoms. The van der Waals surface area contributed by atoms with Gasteiger partial charge in [0.2, 0.25) is 0 Å². The molecular formula is C13H22O2. The first-order chi connectivity index (χ1) is 7.50. The lowest BCUT2D eigenvalue weighted by Gasteiger charge is -2.04. The smallest absolute Gasteiger partial charge is 0.121 e. The molecule has 2 heteroatoms. The zero-order valence-electron chi connectivity index (χ0n) is 9.49. The Balaban J connectivity index is 0.000000227. The van der Waals surface area contributed by atoms with E-state index < -0.39 is 0 Å². The lowest BCUT2D eigenvalue weighted by Crippen LogP contribution is -2.00. The van der Waals surface area contributed by atoms with Crippen molar-refractivity contribution in [1.29, 1.82) is 0 Å². The molecule has 0 spiro atoms. The lowest BCUT2D eigenvalue weighted by molar-refractivity contribution is 0.108. The highest BCUT2D eigenvalue weighted by Crippen LogP contribution is 2.08. The minimum Gasteiger partial charge on any atom is -0.494 e. The van der Waals surface area contributed by atoms with Crippen LogP contribution in [0.15, 0.2) is 37.8 Å². The van der Waals surface area contributed by atoms with Gasteiger partial charge >= 0.3 is 0 Å². The van der Waals surface area contributed by atoms with Crippen LogP contribution < -0.4 is 0 Å². The van der Waals surface area contributed by atoms with Gasteiger partial charge in [-0.05, 0) is 25.7 Å². The van der Waals surface area contributed by atoms with Crippen LogP contribution in [0.25, 0.3) is 0 Å². The molecule has 1 heterocycles. The van der Waals surface area contributed by atoms with E-state index >= 15 is 0 Å². The minimum absolute atomic E-state index is 0.691. The Labute approximate surface area is 93.3 Å². The molecule has 0 fully saturated rings. The summed E-state index contributed by atoms with van der Waals surface area (Å²) >= 11 is 0. The average Bonchev–Trinajstić information content (AvgIpc) is 2.67. The van der Waals surface area contributed by atoms with Crippen LogP contribution in [-0.4, -0.2) is 13.2 Å². The Morgan fingerprint density at radius 3 is 1.53 bits per heavy atom. The van der Waals surface area contributed by atoms with Gasteiger partial charge in [0.1, 0.15) is 25.7 Å². The summed E-state index contributed by atoms with van der Waals surface area (Å²) < 4.78 is 9.53. The predicted molar refractivity (Wildman–Crippen MR) is 64.5 cm³/mol. The molecule has 0 N–H and O–H groups in total. The van der Waals surface area contributed by atoms with Crippen LogP contribution in [0.5, 0.6) is 0 Å². The maximum atomic E-state index is 4.76. The van der Waals surface area contributed by atoms with Gasteiger partial charge < -0.3 is 9.47 Å². The van der Waals surface area contributed by atoms with E-state index in [1.165, 1.54) is 32.1 Å². The first kappa shape index (κ1) is 13.8. The van der Waals surface area contributed by atoms with Gasteiger partial charge in [-0.15, -0.1) is 13.2 Å². The lowest BCUT2D eigenvalue weighted by atomic mass is 10.2. The van der Waals surface area contributed by atoms with Gasteiger partial charge in [-0.25, -0.2) is 0 Å². The fourth-order valence-corrected chi connectivity index (χ4v) is 1.25. The molecule has 0 atom stereocenters. The van der Waals surface area contributed by atoms with E-state index in [0.29, 0.717) is 13.2 Å². The fourth-order valence-electron chi connectivity index (χ4n) is 1.25. The fraction of sp³-hybridized carbons (Fsp3) is 0.538. The van der Waals surface area contributed by atoms with Crippen molar-refractivity contribution in [1.82, 2.24) is 0 Å². The minimum atomic E-state index is 0.691. The molecule has 0 aromatic carbocycles. The van der Waals surface area contributed by atoms with Crippen LogP contribution >= 0.6 is 0 Å². The van der Waals surface area contributed by atoms with Crippen LogP contribution in [0.3, 0.4) is 0 Å². The number of hydrogen-bond acceptors (Lipinski definition) is 2. The van der Waals surface area contributed by atoms with E-state index in [9.17, 15) is 0 Å². The monoisotopic (exact) mass is 210 g/mol. The normalized spacial score (nSPS) is 17.9. The molecule has 0 aromatic heterocycles. The van der Waals surface area contributed by atoms with E-state index in [4.69, 9.17) is 9.47 Å². The van der Waals surface area contributed by atoms with Crippen LogP contribution in [0.1, 0.15) is 32.1 Å². The molecule has 2 aliphatic rings. The zero-order valence-corrected chi connectivity index (χ0v) is 9.49. The standard InChI is InChI=1S/C7H12.C4H6O2.C2H4/c1-2-4-6-7-5-3-1;1-2-6-4-3-5-1;1-2/h1-2H,3-7H2;1-2H,3-4H2;1-2H2. The zero-order chi connectivity index (χ0) is 11.2. The van der Waals surface area contributed by atoms with Gasteiger partial charge in [0.15, 0.2) is 0 Å². The summed E-state index contributed by atoms with van der Waals surface area (Å²) in [7, 11) is 0. The van der Waals surface area contributed by atoms with E-state index in [0.717, 1.165) is 0 Å². The van der Waals surface area contributed by atoms with Crippen molar-refractivity contribution in [3.05, 3.63) is 37.8 Å².